The van der Waals surface area contributed by atoms with E-state index in [1.54, 1.807) is 0 Å². The summed E-state index contributed by atoms with van der Waals surface area (Å²) in [6.07, 6.45) is 3.79. The molecule has 0 spiro atoms. The zero-order valence-electron chi connectivity index (χ0n) is 6.73. The Morgan fingerprint density at radius 2 is 2.58 bits per heavy atom. The molecule has 1 aromatic rings. The summed E-state index contributed by atoms with van der Waals surface area (Å²) in [7, 11) is 0. The minimum absolute atomic E-state index is 0.205. The van der Waals surface area contributed by atoms with Crippen LogP contribution >= 0.6 is 11.5 Å². The zero-order valence-corrected chi connectivity index (χ0v) is 7.55. The topological polar surface area (TPSA) is 63.8 Å². The van der Waals surface area contributed by atoms with Gasteiger partial charge in [-0.3, -0.25) is 11.3 Å². The van der Waals surface area contributed by atoms with Gasteiger partial charge in [-0.15, -0.1) is 5.10 Å². The van der Waals surface area contributed by atoms with Crippen molar-refractivity contribution in [3.63, 3.8) is 0 Å². The Morgan fingerprint density at radius 1 is 1.75 bits per heavy atom. The Balaban J connectivity index is 1.97. The predicted octanol–water partition coefficient (Wildman–Crippen LogP) is 0.843. The molecule has 0 radical (unpaired) electrons. The lowest BCUT2D eigenvalue weighted by Crippen LogP contribution is -2.28. The minimum atomic E-state index is 0.205. The van der Waals surface area contributed by atoms with Crippen LogP contribution in [0.1, 0.15) is 31.0 Å². The van der Waals surface area contributed by atoms with E-state index >= 15 is 0 Å². The first-order chi connectivity index (χ1) is 5.90. The summed E-state index contributed by atoms with van der Waals surface area (Å²) in [5.41, 5.74) is 3.76. The van der Waals surface area contributed by atoms with Gasteiger partial charge in [0.1, 0.15) is 0 Å². The molecule has 2 rings (SSSR count). The molecule has 1 aromatic heterocycles. The lowest BCUT2D eigenvalue weighted by atomic mass is 10.1. The number of nitrogens with two attached hydrogens (primary N) is 1. The average molecular weight is 184 g/mol. The van der Waals surface area contributed by atoms with Crippen LogP contribution < -0.4 is 11.3 Å². The molecule has 1 fully saturated rings. The van der Waals surface area contributed by atoms with Gasteiger partial charge in [0.2, 0.25) is 0 Å². The highest BCUT2D eigenvalue weighted by Gasteiger charge is 2.26. The lowest BCUT2D eigenvalue weighted by molar-refractivity contribution is 0.476. The fourth-order valence-corrected chi connectivity index (χ4v) is 1.79. The van der Waals surface area contributed by atoms with Gasteiger partial charge in [-0.1, -0.05) is 17.3 Å². The standard InChI is InChI=1S/C7H12N4S/c8-9-6(3-5-1-2-5)7-4-12-11-10-7/h4-6,9H,1-3,8H2. The molecule has 1 unspecified atom stereocenters. The monoisotopic (exact) mass is 184 g/mol. The first kappa shape index (κ1) is 8.10. The van der Waals surface area contributed by atoms with Gasteiger partial charge in [-0.05, 0) is 23.9 Å². The molecule has 1 atom stereocenters. The van der Waals surface area contributed by atoms with E-state index in [2.05, 4.69) is 15.0 Å². The smallest absolute Gasteiger partial charge is 0.0938 e. The fraction of sp³-hybridized carbons (Fsp3) is 0.714. The normalized spacial score (nSPS) is 19.4. The Hall–Kier alpha value is -0.520. The van der Waals surface area contributed by atoms with Crippen LogP contribution in [0.25, 0.3) is 0 Å². The summed E-state index contributed by atoms with van der Waals surface area (Å²) in [5, 5.41) is 5.95. The second kappa shape index (κ2) is 3.47. The minimum Gasteiger partial charge on any atom is -0.271 e. The number of hydrogen-bond donors (Lipinski definition) is 2. The number of rotatable bonds is 4. The molecule has 1 saturated carbocycles. The largest absolute Gasteiger partial charge is 0.271 e. The van der Waals surface area contributed by atoms with Crippen LogP contribution in [0.15, 0.2) is 5.38 Å². The van der Waals surface area contributed by atoms with Crippen molar-refractivity contribution < 1.29 is 0 Å². The van der Waals surface area contributed by atoms with Crippen LogP contribution in [0.5, 0.6) is 0 Å². The molecule has 0 aromatic carbocycles. The van der Waals surface area contributed by atoms with E-state index in [1.165, 1.54) is 24.4 Å². The van der Waals surface area contributed by atoms with Gasteiger partial charge in [-0.25, -0.2) is 0 Å². The molecule has 3 N–H and O–H groups in total. The second-order valence-electron chi connectivity index (χ2n) is 3.23. The molecule has 12 heavy (non-hydrogen) atoms. The maximum atomic E-state index is 5.43. The number of hydrogen-bond acceptors (Lipinski definition) is 5. The van der Waals surface area contributed by atoms with Crippen LogP contribution in [0.4, 0.5) is 0 Å². The molecule has 1 aliphatic carbocycles. The van der Waals surface area contributed by atoms with Gasteiger partial charge in [-0.2, -0.15) is 0 Å². The first-order valence-corrected chi connectivity index (χ1v) is 4.97. The van der Waals surface area contributed by atoms with E-state index in [-0.39, 0.29) is 6.04 Å². The lowest BCUT2D eigenvalue weighted by Gasteiger charge is -2.11. The Labute approximate surface area is 75.3 Å². The molecule has 66 valence electrons. The van der Waals surface area contributed by atoms with Crippen molar-refractivity contribution in [1.82, 2.24) is 15.0 Å². The Morgan fingerprint density at radius 3 is 3.08 bits per heavy atom. The highest BCUT2D eigenvalue weighted by Crippen LogP contribution is 2.36. The number of aromatic nitrogens is 2. The van der Waals surface area contributed by atoms with Crippen molar-refractivity contribution >= 4 is 11.5 Å². The molecule has 4 nitrogen and oxygen atoms in total. The van der Waals surface area contributed by atoms with Gasteiger partial charge in [0.15, 0.2) is 0 Å². The summed E-state index contributed by atoms with van der Waals surface area (Å²) < 4.78 is 3.81. The molecule has 0 aliphatic heterocycles. The van der Waals surface area contributed by atoms with Crippen molar-refractivity contribution in [2.75, 3.05) is 0 Å². The van der Waals surface area contributed by atoms with E-state index in [4.69, 9.17) is 5.84 Å². The summed E-state index contributed by atoms with van der Waals surface area (Å²) in [5.74, 6) is 6.28. The maximum Gasteiger partial charge on any atom is 0.0938 e. The molecule has 1 aliphatic rings. The number of nitrogens with zero attached hydrogens (tertiary/aromatic N) is 2. The summed E-state index contributed by atoms with van der Waals surface area (Å²) in [6.45, 7) is 0. The van der Waals surface area contributed by atoms with Crippen LogP contribution in [-0.2, 0) is 0 Å². The quantitative estimate of drug-likeness (QED) is 0.537. The van der Waals surface area contributed by atoms with E-state index in [1.807, 2.05) is 5.38 Å². The van der Waals surface area contributed by atoms with Crippen molar-refractivity contribution in [2.45, 2.75) is 25.3 Å². The molecule has 1 heterocycles. The van der Waals surface area contributed by atoms with Crippen LogP contribution in [0, 0.1) is 5.92 Å². The third-order valence-corrected chi connectivity index (χ3v) is 2.72. The average Bonchev–Trinajstić information content (AvgIpc) is 2.74. The summed E-state index contributed by atoms with van der Waals surface area (Å²) in [4.78, 5) is 0. The van der Waals surface area contributed by atoms with Gasteiger partial charge in [0, 0.05) is 5.38 Å². The molecular weight excluding hydrogens is 172 g/mol. The zero-order chi connectivity index (χ0) is 8.39. The maximum absolute atomic E-state index is 5.43. The number of nitrogens with one attached hydrogen (secondary N) is 1. The Kier molecular flexibility index (Phi) is 2.34. The molecule has 0 saturated heterocycles. The van der Waals surface area contributed by atoms with Crippen molar-refractivity contribution in [3.8, 4) is 0 Å². The summed E-state index contributed by atoms with van der Waals surface area (Å²) >= 11 is 1.37. The second-order valence-corrected chi connectivity index (χ2v) is 3.84. The van der Waals surface area contributed by atoms with E-state index in [0.717, 1.165) is 18.0 Å². The van der Waals surface area contributed by atoms with Gasteiger partial charge < -0.3 is 0 Å². The molecule has 0 bridgehead atoms. The fourth-order valence-electron chi connectivity index (χ4n) is 1.28. The van der Waals surface area contributed by atoms with Crippen LogP contribution in [-0.4, -0.2) is 9.59 Å². The predicted molar refractivity (Wildman–Crippen MR) is 47.3 cm³/mol. The van der Waals surface area contributed by atoms with Gasteiger partial charge in [0.05, 0.1) is 11.7 Å². The number of hydrazine groups is 1. The van der Waals surface area contributed by atoms with Crippen molar-refractivity contribution in [1.29, 1.82) is 0 Å². The highest BCUT2D eigenvalue weighted by atomic mass is 32.1. The summed E-state index contributed by atoms with van der Waals surface area (Å²) in [6, 6.07) is 0.205. The van der Waals surface area contributed by atoms with Crippen molar-refractivity contribution in [3.05, 3.63) is 11.1 Å². The van der Waals surface area contributed by atoms with Crippen LogP contribution in [0.2, 0.25) is 0 Å². The third-order valence-electron chi connectivity index (χ3n) is 2.20. The first-order valence-electron chi connectivity index (χ1n) is 4.13. The molecular formula is C7H12N4S. The Bertz CT molecular complexity index is 232. The van der Waals surface area contributed by atoms with E-state index in [0.29, 0.717) is 0 Å². The van der Waals surface area contributed by atoms with Gasteiger partial charge >= 0.3 is 0 Å². The molecule has 5 heteroatoms. The van der Waals surface area contributed by atoms with Crippen molar-refractivity contribution in [2.24, 2.45) is 11.8 Å². The van der Waals surface area contributed by atoms with E-state index in [9.17, 15) is 0 Å². The third kappa shape index (κ3) is 1.80. The SMILES string of the molecule is NNC(CC1CC1)c1csnn1. The molecule has 0 amide bonds. The van der Waals surface area contributed by atoms with E-state index < -0.39 is 0 Å². The van der Waals surface area contributed by atoms with Crippen LogP contribution in [0.3, 0.4) is 0 Å². The van der Waals surface area contributed by atoms with Gasteiger partial charge in [0.25, 0.3) is 0 Å². The highest BCUT2D eigenvalue weighted by molar-refractivity contribution is 7.03.